The van der Waals surface area contributed by atoms with Crippen molar-refractivity contribution >= 4 is 144 Å². The summed E-state index contributed by atoms with van der Waals surface area (Å²) in [5.74, 6) is -2.70. The van der Waals surface area contributed by atoms with Gasteiger partial charge < -0.3 is 70.0 Å². The standard InChI is InChI=1S/2C12H11NO3S.4C11H8FNO2S/c1-7-13-12(15)11(17-7)6-8-3-4-10(16-2)9(14)5-8;1-7-13-12(15)10(17-7)6-8-4-3-5-9(14)11(8)16-2;1-6-13-11(15)10(16-6)4-7-2-8(12)5-9(14)3-7;1-6-13-11(15)10(16-6)5-7-4-8(14)2-3-9(7)12;1-6-13-11(15)10(16-6)5-7-2-3-8(12)9(14)4-7;1-6-13-11(15)9(16-6)5-7-3-2-4-8(14)10(7)12/h2*3-6,14H,1H2,2H3,(H,13,15);4*2-5,14H,1H2,(H,13,15)/b11-6-;10-6-;10-4-;2*10-5-;9-5-. The molecule has 6 aromatic heterocycles. The zero-order chi connectivity index (χ0) is 71.7. The molecule has 0 atom stereocenters. The highest BCUT2D eigenvalue weighted by molar-refractivity contribution is 7.08. The third kappa shape index (κ3) is 21.0. The number of benzene rings is 6. The summed E-state index contributed by atoms with van der Waals surface area (Å²) in [5.41, 5.74) is 1.25. The van der Waals surface area contributed by atoms with Crippen LogP contribution in [0.25, 0.3) is 75.9 Å². The van der Waals surface area contributed by atoms with Gasteiger partial charge in [0.1, 0.15) is 23.1 Å². The third-order valence-electron chi connectivity index (χ3n) is 12.3. The second kappa shape index (κ2) is 33.7. The first-order valence-corrected chi connectivity index (χ1v) is 32.4. The number of rotatable bonds is 8. The lowest BCUT2D eigenvalue weighted by atomic mass is 10.2. The number of nitrogens with one attached hydrogen (secondary N) is 6. The van der Waals surface area contributed by atoms with Gasteiger partial charge in [-0.25, -0.2) is 17.6 Å². The Morgan fingerprint density at radius 2 is 0.745 bits per heavy atom. The molecule has 12 aromatic rings. The highest BCUT2D eigenvalue weighted by Gasteiger charge is 2.09. The number of aromatic nitrogens is 6. The molecule has 6 aromatic carbocycles. The van der Waals surface area contributed by atoms with Crippen molar-refractivity contribution < 1.29 is 57.7 Å². The minimum atomic E-state index is -0.735. The van der Waals surface area contributed by atoms with E-state index < -0.39 is 34.8 Å². The second-order valence-corrected chi connectivity index (χ2v) is 26.4. The quantitative estimate of drug-likeness (QED) is 0.0975. The SMILES string of the molecule is C=c1[nH]c(=O)/c(=C/c2cc(O)cc(F)c2)s1.C=c1[nH]c(=O)/c(=C/c2cc(O)ccc2F)s1.C=c1[nH]c(=O)/c(=C/c2ccc(F)c(O)c2)s1.C=c1[nH]c(=O)/c(=C/c2ccc(OC)c(O)c2)s1.C=c1[nH]c(=O)/c(=C/c2cccc(O)c2F)s1.C=c1[nH]c(=O)/c(=C/c2cccc(O)c2OC)s1. The molecular formula is C68H54F4N6O14S6. The van der Waals surface area contributed by atoms with E-state index in [-0.39, 0.29) is 67.5 Å². The van der Waals surface area contributed by atoms with E-state index in [0.29, 0.717) is 83.4 Å². The summed E-state index contributed by atoms with van der Waals surface area (Å²) < 4.78 is 68.5. The number of aromatic hydroxyl groups is 6. The van der Waals surface area contributed by atoms with Crippen LogP contribution in [0.2, 0.25) is 0 Å². The van der Waals surface area contributed by atoms with Crippen molar-refractivity contribution in [3.8, 4) is 46.0 Å². The first kappa shape index (κ1) is 73.9. The number of methoxy groups -OCH3 is 2. The van der Waals surface area contributed by atoms with Crippen LogP contribution in [0, 0.1) is 23.3 Å². The molecule has 30 heteroatoms. The molecular weight excluding hydrogens is 1390 g/mol. The van der Waals surface area contributed by atoms with Crippen LogP contribution < -0.4 is 98.0 Å². The van der Waals surface area contributed by atoms with Gasteiger partial charge in [-0.1, -0.05) is 75.9 Å². The minimum absolute atomic E-state index is 0.0454. The van der Waals surface area contributed by atoms with Crippen molar-refractivity contribution in [2.75, 3.05) is 14.2 Å². The largest absolute Gasteiger partial charge is 0.508 e. The first-order chi connectivity index (χ1) is 46.4. The molecule has 0 spiro atoms. The fourth-order valence-electron chi connectivity index (χ4n) is 8.07. The third-order valence-corrected chi connectivity index (χ3v) is 17.5. The molecule has 0 fully saturated rings. The number of halogens is 4. The number of thiazole rings is 6. The summed E-state index contributed by atoms with van der Waals surface area (Å²) in [4.78, 5) is 83.6. The Morgan fingerprint density at radius 3 is 1.15 bits per heavy atom. The van der Waals surface area contributed by atoms with Crippen LogP contribution in [0.4, 0.5) is 17.6 Å². The number of phenolic OH excluding ortho intramolecular Hbond substituents is 6. The summed E-state index contributed by atoms with van der Waals surface area (Å²) in [5, 5.41) is 55.9. The van der Waals surface area contributed by atoms with Crippen LogP contribution >= 0.6 is 68.0 Å². The first-order valence-electron chi connectivity index (χ1n) is 27.5. The number of hydrogen-bond donors (Lipinski definition) is 12. The van der Waals surface area contributed by atoms with Crippen LogP contribution in [0.3, 0.4) is 0 Å². The monoisotopic (exact) mass is 1450 g/mol. The van der Waals surface area contributed by atoms with Gasteiger partial charge in [-0.15, -0.1) is 68.0 Å². The van der Waals surface area contributed by atoms with Gasteiger partial charge in [0.25, 0.3) is 33.4 Å². The summed E-state index contributed by atoms with van der Waals surface area (Å²) in [6.07, 6.45) is 9.19. The van der Waals surface area contributed by atoms with E-state index in [1.807, 2.05) is 0 Å². The number of para-hydroxylation sites is 1. The molecule has 0 saturated carbocycles. The Labute approximate surface area is 571 Å². The highest BCUT2D eigenvalue weighted by atomic mass is 32.1. The number of ether oxygens (including phenoxy) is 2. The molecule has 20 nitrogen and oxygen atoms in total. The second-order valence-electron chi connectivity index (χ2n) is 19.6. The minimum Gasteiger partial charge on any atom is -0.508 e. The normalized spacial score (nSPS) is 11.9. The molecule has 98 heavy (non-hydrogen) atoms. The van der Waals surface area contributed by atoms with E-state index >= 15 is 0 Å². The average Bonchev–Trinajstić information content (AvgIpc) is 1.54. The maximum absolute atomic E-state index is 13.4. The predicted octanol–water partition coefficient (Wildman–Crippen LogP) is 2.86. The lowest BCUT2D eigenvalue weighted by Crippen LogP contribution is -2.19. The number of H-pyrrole nitrogens is 6. The summed E-state index contributed by atoms with van der Waals surface area (Å²) in [6.45, 7) is 21.7. The van der Waals surface area contributed by atoms with Crippen LogP contribution in [0.1, 0.15) is 33.4 Å². The van der Waals surface area contributed by atoms with Gasteiger partial charge in [0, 0.05) is 22.8 Å². The fraction of sp³-hybridized carbons (Fsp3) is 0.0294. The van der Waals surface area contributed by atoms with Gasteiger partial charge in [0.2, 0.25) is 0 Å². The van der Waals surface area contributed by atoms with Gasteiger partial charge in [0.15, 0.2) is 46.1 Å². The molecule has 0 amide bonds. The van der Waals surface area contributed by atoms with Gasteiger partial charge >= 0.3 is 0 Å². The Balaban J connectivity index is 0.000000166. The van der Waals surface area contributed by atoms with Gasteiger partial charge in [0.05, 0.1) is 69.4 Å². The topological polar surface area (TPSA) is 337 Å². The highest BCUT2D eigenvalue weighted by Crippen LogP contribution is 2.30. The van der Waals surface area contributed by atoms with Gasteiger partial charge in [-0.05, 0) is 120 Å². The van der Waals surface area contributed by atoms with Crippen LogP contribution in [-0.2, 0) is 0 Å². The summed E-state index contributed by atoms with van der Waals surface area (Å²) in [7, 11) is 2.95. The van der Waals surface area contributed by atoms with E-state index in [0.717, 1.165) is 46.4 Å². The Hall–Kier alpha value is -11.5. The lowest BCUT2D eigenvalue weighted by Gasteiger charge is -2.05. The zero-order valence-corrected chi connectivity index (χ0v) is 55.9. The Kier molecular flexibility index (Phi) is 25.4. The molecule has 0 unspecified atom stereocenters. The molecule has 12 N–H and O–H groups in total. The maximum atomic E-state index is 13.4. The molecule has 0 radical (unpaired) electrons. The van der Waals surface area contributed by atoms with Crippen LogP contribution in [-0.4, -0.2) is 74.8 Å². The van der Waals surface area contributed by atoms with E-state index in [2.05, 4.69) is 69.4 Å². The summed E-state index contributed by atoms with van der Waals surface area (Å²) >= 11 is 7.21. The van der Waals surface area contributed by atoms with E-state index in [9.17, 15) is 66.8 Å². The smallest absolute Gasteiger partial charge is 0.266 e. The summed E-state index contributed by atoms with van der Waals surface area (Å²) in [6, 6.07) is 25.3. The van der Waals surface area contributed by atoms with E-state index in [1.54, 1.807) is 48.6 Å². The number of phenols is 6. The fourth-order valence-corrected chi connectivity index (χ4v) is 12.5. The number of aromatic amines is 6. The van der Waals surface area contributed by atoms with Crippen molar-refractivity contribution in [3.63, 3.8) is 0 Å². The van der Waals surface area contributed by atoms with Gasteiger partial charge in [-0.3, -0.25) is 28.8 Å². The molecule has 6 heterocycles. The van der Waals surface area contributed by atoms with Crippen LogP contribution in [0.5, 0.6) is 46.0 Å². The molecule has 504 valence electrons. The maximum Gasteiger partial charge on any atom is 0.266 e. The van der Waals surface area contributed by atoms with E-state index in [4.69, 9.17) is 19.7 Å². The van der Waals surface area contributed by atoms with Crippen molar-refractivity contribution in [1.82, 2.24) is 29.9 Å². The molecule has 12 rings (SSSR count). The Bertz CT molecular complexity index is 5950. The van der Waals surface area contributed by atoms with Gasteiger partial charge in [-0.2, -0.15) is 0 Å². The molecule has 0 aliphatic carbocycles. The number of hydrogen-bond acceptors (Lipinski definition) is 20. The van der Waals surface area contributed by atoms with Crippen molar-refractivity contribution in [1.29, 1.82) is 0 Å². The predicted molar refractivity (Wildman–Crippen MR) is 381 cm³/mol. The zero-order valence-electron chi connectivity index (χ0n) is 51.0. The Morgan fingerprint density at radius 1 is 0.357 bits per heavy atom. The van der Waals surface area contributed by atoms with Crippen molar-refractivity contribution in [2.45, 2.75) is 0 Å². The lowest BCUT2D eigenvalue weighted by molar-refractivity contribution is 0.372. The molecule has 0 aliphatic heterocycles. The van der Waals surface area contributed by atoms with Crippen LogP contribution in [0.15, 0.2) is 138 Å². The average molecular weight is 1450 g/mol. The molecule has 0 saturated heterocycles. The molecule has 0 bridgehead atoms. The van der Waals surface area contributed by atoms with E-state index in [1.165, 1.54) is 138 Å². The van der Waals surface area contributed by atoms with Crippen molar-refractivity contribution in [2.24, 2.45) is 0 Å². The molecule has 0 aliphatic rings. The van der Waals surface area contributed by atoms with Crippen molar-refractivity contribution in [3.05, 3.63) is 283 Å².